The number of benzene rings is 2. The average Bonchev–Trinajstić information content (AvgIpc) is 2.43. The van der Waals surface area contributed by atoms with Crippen molar-refractivity contribution in [1.82, 2.24) is 5.32 Å². The van der Waals surface area contributed by atoms with Crippen LogP contribution in [0, 0.1) is 0 Å². The second kappa shape index (κ2) is 6.37. The number of nitrogens with one attached hydrogen (secondary N) is 1. The molecule has 1 atom stereocenters. The monoisotopic (exact) mass is 351 g/mol. The minimum atomic E-state index is -0.0804. The van der Waals surface area contributed by atoms with E-state index in [0.717, 1.165) is 36.1 Å². The van der Waals surface area contributed by atoms with Gasteiger partial charge in [-0.1, -0.05) is 12.1 Å². The molecule has 0 aliphatic carbocycles. The van der Waals surface area contributed by atoms with Gasteiger partial charge in [-0.3, -0.25) is 0 Å². The lowest BCUT2D eigenvalue weighted by Gasteiger charge is -2.27. The Morgan fingerprint density at radius 1 is 1.00 bits per heavy atom. The van der Waals surface area contributed by atoms with Gasteiger partial charge in [-0.05, 0) is 60.3 Å². The third kappa shape index (κ3) is 3.31. The van der Waals surface area contributed by atoms with Crippen molar-refractivity contribution >= 4 is 17.0 Å². The molecule has 3 rings (SSSR count). The van der Waals surface area contributed by atoms with E-state index in [2.05, 4.69) is 5.32 Å². The van der Waals surface area contributed by atoms with Crippen LogP contribution in [0.1, 0.15) is 22.7 Å². The molecule has 5 heteroatoms. The summed E-state index contributed by atoms with van der Waals surface area (Å²) >= 11 is 0. The van der Waals surface area contributed by atoms with Crippen LogP contribution >= 0.6 is 17.0 Å². The summed E-state index contributed by atoms with van der Waals surface area (Å²) in [6.45, 7) is 0.847. The summed E-state index contributed by atoms with van der Waals surface area (Å²) in [6, 6.07) is 10.5. The number of rotatable bonds is 2. The maximum Gasteiger partial charge on any atom is 0.157 e. The molecule has 4 N–H and O–H groups in total. The lowest BCUT2D eigenvalue weighted by atomic mass is 9.90. The fraction of sp³-hybridized carbons (Fsp3) is 0.250. The van der Waals surface area contributed by atoms with Crippen LogP contribution in [0.2, 0.25) is 0 Å². The zero-order chi connectivity index (χ0) is 14.1. The van der Waals surface area contributed by atoms with Crippen molar-refractivity contribution in [3.05, 3.63) is 53.1 Å². The lowest BCUT2D eigenvalue weighted by Crippen LogP contribution is -2.31. The first-order chi connectivity index (χ1) is 9.63. The number of hydrogen-bond donors (Lipinski definition) is 4. The summed E-state index contributed by atoms with van der Waals surface area (Å²) in [4.78, 5) is 0. The highest BCUT2D eigenvalue weighted by Gasteiger charge is 2.21. The Labute approximate surface area is 133 Å². The molecular weight excluding hydrogens is 334 g/mol. The fourth-order valence-corrected chi connectivity index (χ4v) is 2.72. The Hall–Kier alpha value is -1.72. The third-order valence-corrected chi connectivity index (χ3v) is 3.77. The Kier molecular flexibility index (Phi) is 4.75. The minimum absolute atomic E-state index is 0. The van der Waals surface area contributed by atoms with E-state index in [9.17, 15) is 15.3 Å². The maximum absolute atomic E-state index is 9.68. The predicted molar refractivity (Wildman–Crippen MR) is 86.4 cm³/mol. The maximum atomic E-state index is 9.68. The van der Waals surface area contributed by atoms with Crippen molar-refractivity contribution in [1.29, 1.82) is 0 Å². The summed E-state index contributed by atoms with van der Waals surface area (Å²) < 4.78 is 0. The average molecular weight is 352 g/mol. The number of fused-ring (bicyclic) bond motifs is 1. The topological polar surface area (TPSA) is 72.7 Å². The van der Waals surface area contributed by atoms with Gasteiger partial charge in [0.1, 0.15) is 5.75 Å². The summed E-state index contributed by atoms with van der Waals surface area (Å²) in [5.41, 5.74) is 3.21. The van der Waals surface area contributed by atoms with Gasteiger partial charge in [-0.25, -0.2) is 0 Å². The van der Waals surface area contributed by atoms with Crippen molar-refractivity contribution in [2.75, 3.05) is 6.54 Å². The van der Waals surface area contributed by atoms with Gasteiger partial charge in [0, 0.05) is 6.04 Å². The van der Waals surface area contributed by atoms with E-state index >= 15 is 0 Å². The van der Waals surface area contributed by atoms with E-state index in [-0.39, 0.29) is 40.3 Å². The first-order valence-electron chi connectivity index (χ1n) is 6.69. The second-order valence-electron chi connectivity index (χ2n) is 5.17. The van der Waals surface area contributed by atoms with E-state index in [1.165, 1.54) is 0 Å². The Morgan fingerprint density at radius 3 is 2.38 bits per heavy atom. The lowest BCUT2D eigenvalue weighted by molar-refractivity contribution is 0.398. The van der Waals surface area contributed by atoms with Crippen LogP contribution in [0.3, 0.4) is 0 Å². The molecule has 112 valence electrons. The van der Waals surface area contributed by atoms with Crippen LogP contribution in [-0.4, -0.2) is 21.9 Å². The van der Waals surface area contributed by atoms with Gasteiger partial charge in [-0.15, -0.1) is 17.0 Å². The Bertz CT molecular complexity index is 628. The van der Waals surface area contributed by atoms with Crippen LogP contribution in [-0.2, 0) is 12.8 Å². The molecule has 0 fully saturated rings. The molecule has 0 spiro atoms. The highest BCUT2D eigenvalue weighted by Crippen LogP contribution is 2.34. The van der Waals surface area contributed by atoms with Crippen molar-refractivity contribution in [3.63, 3.8) is 0 Å². The zero-order valence-corrected chi connectivity index (χ0v) is 13.1. The molecule has 0 bridgehead atoms. The van der Waals surface area contributed by atoms with E-state index in [4.69, 9.17) is 0 Å². The number of phenolic OH excluding ortho intramolecular Hbond substituents is 3. The Morgan fingerprint density at radius 2 is 1.67 bits per heavy atom. The van der Waals surface area contributed by atoms with Gasteiger partial charge < -0.3 is 20.6 Å². The number of aromatic hydroxyl groups is 3. The van der Waals surface area contributed by atoms with Crippen LogP contribution in [0.4, 0.5) is 0 Å². The largest absolute Gasteiger partial charge is 0.508 e. The number of hydrogen-bond acceptors (Lipinski definition) is 4. The van der Waals surface area contributed by atoms with Crippen molar-refractivity contribution < 1.29 is 15.3 Å². The predicted octanol–water partition coefficient (Wildman–Crippen LogP) is 2.81. The van der Waals surface area contributed by atoms with E-state index in [1.807, 2.05) is 12.1 Å². The molecule has 1 aliphatic rings. The number of halogens is 1. The minimum Gasteiger partial charge on any atom is -0.508 e. The molecule has 0 saturated heterocycles. The normalized spacial score (nSPS) is 16.9. The molecule has 2 aromatic rings. The quantitative estimate of drug-likeness (QED) is 0.628. The highest BCUT2D eigenvalue weighted by molar-refractivity contribution is 8.93. The molecule has 1 heterocycles. The summed E-state index contributed by atoms with van der Waals surface area (Å²) in [6.07, 6.45) is 1.62. The second-order valence-corrected chi connectivity index (χ2v) is 5.17. The molecule has 21 heavy (non-hydrogen) atoms. The first-order valence-corrected chi connectivity index (χ1v) is 6.69. The van der Waals surface area contributed by atoms with Crippen LogP contribution in [0.15, 0.2) is 36.4 Å². The van der Waals surface area contributed by atoms with Crippen LogP contribution in [0.25, 0.3) is 0 Å². The summed E-state index contributed by atoms with van der Waals surface area (Å²) in [5.74, 6) is 0.116. The van der Waals surface area contributed by atoms with Crippen molar-refractivity contribution in [2.24, 2.45) is 0 Å². The van der Waals surface area contributed by atoms with Crippen molar-refractivity contribution in [3.8, 4) is 17.2 Å². The standard InChI is InChI=1S/C16H17NO3.BrH/c18-12-3-1-10(2-4-12)7-14-13-9-16(20)15(19)8-11(13)5-6-17-14;/h1-4,8-9,14,17-20H,5-7H2;1H/t14-;/m0./s1. The van der Waals surface area contributed by atoms with Gasteiger partial charge in [0.05, 0.1) is 0 Å². The molecule has 0 saturated carbocycles. The molecule has 0 amide bonds. The Balaban J connectivity index is 0.00000161. The zero-order valence-electron chi connectivity index (χ0n) is 11.4. The van der Waals surface area contributed by atoms with Gasteiger partial charge in [0.2, 0.25) is 0 Å². The summed E-state index contributed by atoms with van der Waals surface area (Å²) in [7, 11) is 0. The first kappa shape index (κ1) is 15.7. The van der Waals surface area contributed by atoms with E-state index in [1.54, 1.807) is 24.3 Å². The van der Waals surface area contributed by atoms with Gasteiger partial charge in [0.15, 0.2) is 11.5 Å². The SMILES string of the molecule is Br.Oc1ccc(C[C@@H]2NCCc3cc(O)c(O)cc32)cc1. The molecule has 0 unspecified atom stereocenters. The van der Waals surface area contributed by atoms with E-state index < -0.39 is 0 Å². The third-order valence-electron chi connectivity index (χ3n) is 3.77. The number of phenols is 3. The molecule has 4 nitrogen and oxygen atoms in total. The smallest absolute Gasteiger partial charge is 0.157 e. The fourth-order valence-electron chi connectivity index (χ4n) is 2.72. The van der Waals surface area contributed by atoms with Gasteiger partial charge >= 0.3 is 0 Å². The van der Waals surface area contributed by atoms with Crippen LogP contribution < -0.4 is 5.32 Å². The molecule has 0 radical (unpaired) electrons. The van der Waals surface area contributed by atoms with Crippen molar-refractivity contribution in [2.45, 2.75) is 18.9 Å². The van der Waals surface area contributed by atoms with E-state index in [0.29, 0.717) is 0 Å². The molecule has 0 aromatic heterocycles. The summed E-state index contributed by atoms with van der Waals surface area (Å²) in [5, 5.41) is 32.0. The molecular formula is C16H18BrNO3. The highest BCUT2D eigenvalue weighted by atomic mass is 79.9. The molecule has 2 aromatic carbocycles. The molecule has 1 aliphatic heterocycles. The van der Waals surface area contributed by atoms with Gasteiger partial charge in [-0.2, -0.15) is 0 Å². The van der Waals surface area contributed by atoms with Gasteiger partial charge in [0.25, 0.3) is 0 Å². The van der Waals surface area contributed by atoms with Crippen LogP contribution in [0.5, 0.6) is 17.2 Å².